The molecule has 0 saturated carbocycles. The molecule has 2 N–H and O–H groups in total. The van der Waals surface area contributed by atoms with Crippen molar-refractivity contribution in [2.75, 3.05) is 18.4 Å². The first-order chi connectivity index (χ1) is 9.04. The van der Waals surface area contributed by atoms with Gasteiger partial charge < -0.3 is 10.6 Å². The van der Waals surface area contributed by atoms with Crippen molar-refractivity contribution in [1.29, 1.82) is 5.26 Å². The number of ketones is 1. The standard InChI is InChI=1S/C14H17N3O2/c1-10(18)13-5-4-12(9-15)8-14(13)17-7-3-6-16-11(2)19/h4-5,8,17H,3,6-7H2,1-2H3,(H,16,19). The topological polar surface area (TPSA) is 82.0 Å². The molecule has 0 spiro atoms. The van der Waals surface area contributed by atoms with Crippen LogP contribution in [0.2, 0.25) is 0 Å². The van der Waals surface area contributed by atoms with E-state index in [1.54, 1.807) is 18.2 Å². The van der Waals surface area contributed by atoms with E-state index in [-0.39, 0.29) is 11.7 Å². The Morgan fingerprint density at radius 3 is 2.58 bits per heavy atom. The van der Waals surface area contributed by atoms with Crippen molar-refractivity contribution >= 4 is 17.4 Å². The lowest BCUT2D eigenvalue weighted by molar-refractivity contribution is -0.118. The summed E-state index contributed by atoms with van der Waals surface area (Å²) in [5, 5.41) is 14.7. The zero-order chi connectivity index (χ0) is 14.3. The van der Waals surface area contributed by atoms with Gasteiger partial charge in [0.15, 0.2) is 5.78 Å². The largest absolute Gasteiger partial charge is 0.384 e. The number of Topliss-reactive ketones (excluding diaryl/α,β-unsaturated/α-hetero) is 1. The van der Waals surface area contributed by atoms with Gasteiger partial charge in [0.05, 0.1) is 11.6 Å². The number of hydrogen-bond acceptors (Lipinski definition) is 4. The van der Waals surface area contributed by atoms with E-state index >= 15 is 0 Å². The number of nitriles is 1. The van der Waals surface area contributed by atoms with Crippen molar-refractivity contribution in [2.45, 2.75) is 20.3 Å². The Kier molecular flexibility index (Phi) is 5.55. The van der Waals surface area contributed by atoms with Crippen molar-refractivity contribution in [3.63, 3.8) is 0 Å². The highest BCUT2D eigenvalue weighted by molar-refractivity contribution is 5.99. The van der Waals surface area contributed by atoms with Crippen LogP contribution in [0.25, 0.3) is 0 Å². The van der Waals surface area contributed by atoms with Crippen LogP contribution in [0.5, 0.6) is 0 Å². The fourth-order valence-electron chi connectivity index (χ4n) is 1.64. The van der Waals surface area contributed by atoms with Crippen molar-refractivity contribution < 1.29 is 9.59 Å². The lowest BCUT2D eigenvalue weighted by Gasteiger charge is -2.10. The molecular weight excluding hydrogens is 242 g/mol. The molecule has 0 atom stereocenters. The average molecular weight is 259 g/mol. The summed E-state index contributed by atoms with van der Waals surface area (Å²) in [5.41, 5.74) is 1.74. The third kappa shape index (κ3) is 4.80. The third-order valence-corrected chi connectivity index (χ3v) is 2.57. The maximum atomic E-state index is 11.5. The van der Waals surface area contributed by atoms with E-state index in [0.29, 0.717) is 29.9 Å². The molecule has 100 valence electrons. The molecule has 0 saturated heterocycles. The van der Waals surface area contributed by atoms with Crippen molar-refractivity contribution in [1.82, 2.24) is 5.32 Å². The maximum absolute atomic E-state index is 11.5. The van der Waals surface area contributed by atoms with Gasteiger partial charge in [0.25, 0.3) is 0 Å². The molecule has 19 heavy (non-hydrogen) atoms. The number of carbonyl (C=O) groups is 2. The van der Waals surface area contributed by atoms with Gasteiger partial charge in [-0.15, -0.1) is 0 Å². The van der Waals surface area contributed by atoms with Gasteiger partial charge in [0.1, 0.15) is 0 Å². The number of amides is 1. The minimum absolute atomic E-state index is 0.0474. The lowest BCUT2D eigenvalue weighted by atomic mass is 10.1. The monoisotopic (exact) mass is 259 g/mol. The van der Waals surface area contributed by atoms with E-state index in [0.717, 1.165) is 6.42 Å². The summed E-state index contributed by atoms with van der Waals surface area (Å²) in [6.45, 7) is 4.16. The van der Waals surface area contributed by atoms with Crippen LogP contribution in [-0.4, -0.2) is 24.8 Å². The number of hydrogen-bond donors (Lipinski definition) is 2. The van der Waals surface area contributed by atoms with Crippen molar-refractivity contribution in [3.8, 4) is 6.07 Å². The molecule has 0 aliphatic rings. The minimum Gasteiger partial charge on any atom is -0.384 e. The molecule has 5 heteroatoms. The molecular formula is C14H17N3O2. The summed E-state index contributed by atoms with van der Waals surface area (Å²) in [5.74, 6) is -0.107. The molecule has 0 bridgehead atoms. The molecule has 0 radical (unpaired) electrons. The first-order valence-electron chi connectivity index (χ1n) is 6.08. The Labute approximate surface area is 112 Å². The molecule has 1 aromatic rings. The van der Waals surface area contributed by atoms with Crippen LogP contribution in [0.3, 0.4) is 0 Å². The van der Waals surface area contributed by atoms with Crippen LogP contribution in [0.1, 0.15) is 36.2 Å². The summed E-state index contributed by atoms with van der Waals surface area (Å²) >= 11 is 0. The Morgan fingerprint density at radius 1 is 1.26 bits per heavy atom. The van der Waals surface area contributed by atoms with E-state index in [1.165, 1.54) is 13.8 Å². The predicted octanol–water partition coefficient (Wildman–Crippen LogP) is 1.70. The van der Waals surface area contributed by atoms with Gasteiger partial charge in [-0.05, 0) is 31.5 Å². The van der Waals surface area contributed by atoms with Crippen LogP contribution >= 0.6 is 0 Å². The average Bonchev–Trinajstić information content (AvgIpc) is 2.37. The molecule has 0 aliphatic carbocycles. The molecule has 1 aromatic carbocycles. The van der Waals surface area contributed by atoms with Gasteiger partial charge >= 0.3 is 0 Å². The van der Waals surface area contributed by atoms with Gasteiger partial charge in [-0.25, -0.2) is 0 Å². The Bertz CT molecular complexity index is 518. The molecule has 0 heterocycles. The second-order valence-corrected chi connectivity index (χ2v) is 4.19. The second kappa shape index (κ2) is 7.17. The van der Waals surface area contributed by atoms with Gasteiger partial charge in [0, 0.05) is 31.3 Å². The van der Waals surface area contributed by atoms with Gasteiger partial charge in [0.2, 0.25) is 5.91 Å². The summed E-state index contributed by atoms with van der Waals surface area (Å²) in [7, 11) is 0. The van der Waals surface area contributed by atoms with E-state index in [1.807, 2.05) is 6.07 Å². The van der Waals surface area contributed by atoms with E-state index < -0.39 is 0 Å². The first-order valence-corrected chi connectivity index (χ1v) is 6.08. The van der Waals surface area contributed by atoms with Gasteiger partial charge in [-0.3, -0.25) is 9.59 Å². The Hall–Kier alpha value is -2.35. The summed E-state index contributed by atoms with van der Waals surface area (Å²) < 4.78 is 0. The quantitative estimate of drug-likeness (QED) is 0.601. The lowest BCUT2D eigenvalue weighted by Crippen LogP contribution is -2.22. The second-order valence-electron chi connectivity index (χ2n) is 4.19. The van der Waals surface area contributed by atoms with Crippen LogP contribution < -0.4 is 10.6 Å². The summed E-state index contributed by atoms with van der Waals surface area (Å²) in [6.07, 6.45) is 0.744. The van der Waals surface area contributed by atoms with E-state index in [9.17, 15) is 9.59 Å². The highest BCUT2D eigenvalue weighted by Crippen LogP contribution is 2.18. The zero-order valence-corrected chi connectivity index (χ0v) is 11.1. The predicted molar refractivity (Wildman–Crippen MR) is 73.0 cm³/mol. The number of nitrogens with one attached hydrogen (secondary N) is 2. The van der Waals surface area contributed by atoms with Crippen LogP contribution in [0, 0.1) is 11.3 Å². The van der Waals surface area contributed by atoms with Gasteiger partial charge in [-0.1, -0.05) is 0 Å². The minimum atomic E-state index is -0.0593. The van der Waals surface area contributed by atoms with Gasteiger partial charge in [-0.2, -0.15) is 5.26 Å². The SMILES string of the molecule is CC(=O)NCCCNc1cc(C#N)ccc1C(C)=O. The first kappa shape index (κ1) is 14.7. The zero-order valence-electron chi connectivity index (χ0n) is 11.1. The molecule has 0 aromatic heterocycles. The van der Waals surface area contributed by atoms with Crippen LogP contribution in [-0.2, 0) is 4.79 Å². The van der Waals surface area contributed by atoms with Crippen molar-refractivity contribution in [3.05, 3.63) is 29.3 Å². The smallest absolute Gasteiger partial charge is 0.216 e. The van der Waals surface area contributed by atoms with Crippen LogP contribution in [0.15, 0.2) is 18.2 Å². The normalized spacial score (nSPS) is 9.53. The Morgan fingerprint density at radius 2 is 2.00 bits per heavy atom. The molecule has 1 rings (SSSR count). The van der Waals surface area contributed by atoms with E-state index in [2.05, 4.69) is 10.6 Å². The van der Waals surface area contributed by atoms with E-state index in [4.69, 9.17) is 5.26 Å². The molecule has 0 unspecified atom stereocenters. The number of nitrogens with zero attached hydrogens (tertiary/aromatic N) is 1. The van der Waals surface area contributed by atoms with Crippen molar-refractivity contribution in [2.24, 2.45) is 0 Å². The third-order valence-electron chi connectivity index (χ3n) is 2.57. The highest BCUT2D eigenvalue weighted by Gasteiger charge is 2.07. The number of benzene rings is 1. The van der Waals surface area contributed by atoms with Crippen LogP contribution in [0.4, 0.5) is 5.69 Å². The number of anilines is 1. The summed E-state index contributed by atoms with van der Waals surface area (Å²) in [6, 6.07) is 6.98. The maximum Gasteiger partial charge on any atom is 0.216 e. The Balaban J connectivity index is 2.63. The molecule has 5 nitrogen and oxygen atoms in total. The highest BCUT2D eigenvalue weighted by atomic mass is 16.1. The fourth-order valence-corrected chi connectivity index (χ4v) is 1.64. The molecule has 0 fully saturated rings. The number of rotatable bonds is 6. The fraction of sp³-hybridized carbons (Fsp3) is 0.357. The molecule has 0 aliphatic heterocycles. The number of carbonyl (C=O) groups excluding carboxylic acids is 2. The molecule has 1 amide bonds. The summed E-state index contributed by atoms with van der Waals surface area (Å²) in [4.78, 5) is 22.2.